The monoisotopic (exact) mass is 890 g/mol. The second kappa shape index (κ2) is 18.0. The number of nitrogen functional groups attached to an aromatic ring is 1. The van der Waals surface area contributed by atoms with Crippen molar-refractivity contribution in [2.24, 2.45) is 16.6 Å². The zero-order chi connectivity index (χ0) is 47.0. The first-order valence-electron chi connectivity index (χ1n) is 23.3. The van der Waals surface area contributed by atoms with Crippen LogP contribution < -0.4 is 21.3 Å². The maximum Gasteiger partial charge on any atom is 0.138 e. The van der Waals surface area contributed by atoms with E-state index >= 15 is 0 Å². The van der Waals surface area contributed by atoms with E-state index in [2.05, 4.69) is 177 Å². The van der Waals surface area contributed by atoms with E-state index in [9.17, 15) is 0 Å². The molecule has 6 nitrogen and oxygen atoms in total. The molecule has 0 radical (unpaired) electrons. The number of aliphatic imine (C=N–C) groups is 1. The van der Waals surface area contributed by atoms with Gasteiger partial charge in [0, 0.05) is 45.9 Å². The van der Waals surface area contributed by atoms with E-state index < -0.39 is 0 Å². The molecule has 0 saturated heterocycles. The summed E-state index contributed by atoms with van der Waals surface area (Å²) in [6, 6.07) is 63.8. The van der Waals surface area contributed by atoms with Crippen LogP contribution in [0.15, 0.2) is 224 Å². The van der Waals surface area contributed by atoms with Gasteiger partial charge in [-0.15, -0.1) is 0 Å². The molecule has 4 N–H and O–H groups in total. The Kier molecular flexibility index (Phi) is 11.1. The number of aromatic nitrogens is 1. The van der Waals surface area contributed by atoms with Crippen LogP contribution in [0.2, 0.25) is 0 Å². The highest BCUT2D eigenvalue weighted by molar-refractivity contribution is 6.16. The number of rotatable bonds is 11. The molecule has 1 unspecified atom stereocenters. The van der Waals surface area contributed by atoms with Gasteiger partial charge in [-0.2, -0.15) is 0 Å². The van der Waals surface area contributed by atoms with Gasteiger partial charge in [0.25, 0.3) is 0 Å². The highest BCUT2D eigenvalue weighted by atomic mass is 15.2. The summed E-state index contributed by atoms with van der Waals surface area (Å²) in [6.07, 6.45) is 12.7. The normalized spacial score (nSPS) is 13.7. The molecule has 1 atom stereocenters. The highest BCUT2D eigenvalue weighted by Gasteiger charge is 2.26. The predicted molar refractivity (Wildman–Crippen MR) is 296 cm³/mol. The van der Waals surface area contributed by atoms with Crippen LogP contribution in [0.5, 0.6) is 0 Å². The van der Waals surface area contributed by atoms with Gasteiger partial charge in [-0.3, -0.25) is 9.80 Å². The van der Waals surface area contributed by atoms with Crippen molar-refractivity contribution in [3.8, 4) is 22.3 Å². The molecule has 1 aliphatic heterocycles. The third kappa shape index (κ3) is 7.78. The van der Waals surface area contributed by atoms with Gasteiger partial charge in [-0.1, -0.05) is 166 Å². The third-order valence-corrected chi connectivity index (χ3v) is 13.3. The Hall–Kier alpha value is -9.00. The van der Waals surface area contributed by atoms with Gasteiger partial charge in [0.2, 0.25) is 0 Å². The van der Waals surface area contributed by atoms with E-state index in [-0.39, 0.29) is 0 Å². The highest BCUT2D eigenvalue weighted by Crippen LogP contribution is 2.49. The van der Waals surface area contributed by atoms with Gasteiger partial charge in [0.15, 0.2) is 0 Å². The maximum atomic E-state index is 7.86. The lowest BCUT2D eigenvalue weighted by atomic mass is 9.85. The van der Waals surface area contributed by atoms with Crippen molar-refractivity contribution in [3.63, 3.8) is 0 Å². The van der Waals surface area contributed by atoms with Gasteiger partial charge in [0.05, 0.1) is 11.4 Å². The van der Waals surface area contributed by atoms with Crippen LogP contribution in [-0.4, -0.2) is 11.2 Å². The molecule has 2 heterocycles. The minimum Gasteiger partial charge on any atom is -0.398 e. The Morgan fingerprint density at radius 1 is 0.594 bits per heavy atom. The SMILES string of the molecule is C=Cc1cccc(N(/C(N)=C/c2c(N)c(-c3ccc4ccccc4c3)c3cc(N(C4=CC(C)CC=N4)c4cccc5ccccc45)ccc3c2-c2ccc3ccccc3c2)c2ccccn2)c1C=C. The number of nitrogens with zero attached hydrogens (tertiary/aromatic N) is 4. The van der Waals surface area contributed by atoms with Crippen molar-refractivity contribution < 1.29 is 0 Å². The molecule has 9 aromatic carbocycles. The first-order chi connectivity index (χ1) is 33.9. The van der Waals surface area contributed by atoms with Crippen LogP contribution in [-0.2, 0) is 0 Å². The Morgan fingerprint density at radius 2 is 1.25 bits per heavy atom. The number of fused-ring (bicyclic) bond motifs is 4. The average molecular weight is 891 g/mol. The van der Waals surface area contributed by atoms with E-state index in [4.69, 9.17) is 21.4 Å². The molecule has 0 aliphatic carbocycles. The van der Waals surface area contributed by atoms with Crippen molar-refractivity contribution in [3.05, 3.63) is 236 Å². The Morgan fingerprint density at radius 3 is 1.94 bits per heavy atom. The fourth-order valence-electron chi connectivity index (χ4n) is 9.98. The smallest absolute Gasteiger partial charge is 0.138 e. The van der Waals surface area contributed by atoms with Gasteiger partial charge in [-0.25, -0.2) is 9.98 Å². The fourth-order valence-corrected chi connectivity index (χ4v) is 9.98. The maximum absolute atomic E-state index is 7.86. The van der Waals surface area contributed by atoms with Crippen molar-refractivity contribution in [1.82, 2.24) is 4.98 Å². The molecule has 1 aliphatic rings. The minimum absolute atomic E-state index is 0.311. The third-order valence-electron chi connectivity index (χ3n) is 13.3. The molecule has 0 fully saturated rings. The summed E-state index contributed by atoms with van der Waals surface area (Å²) < 4.78 is 0. The van der Waals surface area contributed by atoms with Crippen LogP contribution in [0.1, 0.15) is 30.0 Å². The molecule has 0 saturated carbocycles. The van der Waals surface area contributed by atoms with Gasteiger partial charge < -0.3 is 11.5 Å². The molecule has 69 heavy (non-hydrogen) atoms. The van der Waals surface area contributed by atoms with Crippen molar-refractivity contribution in [1.29, 1.82) is 0 Å². The summed E-state index contributed by atoms with van der Waals surface area (Å²) >= 11 is 0. The first-order valence-corrected chi connectivity index (χ1v) is 23.3. The molecule has 6 heteroatoms. The summed E-state index contributed by atoms with van der Waals surface area (Å²) in [6.45, 7) is 10.6. The zero-order valence-electron chi connectivity index (χ0n) is 38.4. The standard InChI is InChI=1S/C63H50N6/c1-4-42-21-14-24-56(51(42)5-2)69(59-26-12-13-34-66-59)58(64)40-55-61(48-29-27-43-16-6-8-19-46(43)37-48)53-32-31-50(39-54(53)62(63(55)65)49-30-28-44-17-7-9-20-47(44)38-49)68(60-36-41(3)33-35-67-60)57-25-15-22-45-18-10-11-23-52(45)57/h4-32,34-41H,1-2,33,64-65H2,3H3/b58-40+. The Bertz CT molecular complexity index is 3750. The molecule has 332 valence electrons. The summed E-state index contributed by atoms with van der Waals surface area (Å²) in [5.41, 5.74) is 25.2. The van der Waals surface area contributed by atoms with Crippen LogP contribution in [0.3, 0.4) is 0 Å². The molecule has 0 bridgehead atoms. The number of pyridine rings is 1. The molecule has 11 rings (SSSR count). The van der Waals surface area contributed by atoms with E-state index in [1.807, 2.05) is 65.7 Å². The average Bonchev–Trinajstić information content (AvgIpc) is 3.39. The second-order valence-electron chi connectivity index (χ2n) is 17.6. The molecule has 0 spiro atoms. The summed E-state index contributed by atoms with van der Waals surface area (Å²) in [5, 5.41) is 8.81. The molecular formula is C63H50N6. The van der Waals surface area contributed by atoms with Crippen LogP contribution >= 0.6 is 0 Å². The number of nitrogens with two attached hydrogens (primary N) is 2. The van der Waals surface area contributed by atoms with Gasteiger partial charge in [-0.05, 0) is 133 Å². The molecule has 1 aromatic heterocycles. The summed E-state index contributed by atoms with van der Waals surface area (Å²) in [7, 11) is 0. The van der Waals surface area contributed by atoms with E-state index in [1.165, 1.54) is 0 Å². The topological polar surface area (TPSA) is 83.8 Å². The zero-order valence-corrected chi connectivity index (χ0v) is 38.4. The number of hydrogen-bond acceptors (Lipinski definition) is 6. The van der Waals surface area contributed by atoms with Crippen LogP contribution in [0.4, 0.5) is 28.6 Å². The Labute approximate surface area is 402 Å². The number of benzene rings is 9. The van der Waals surface area contributed by atoms with Crippen LogP contribution in [0, 0.1) is 5.92 Å². The number of hydrogen-bond donors (Lipinski definition) is 2. The lowest BCUT2D eigenvalue weighted by Gasteiger charge is -2.30. The Balaban J connectivity index is 1.25. The first kappa shape index (κ1) is 42.6. The van der Waals surface area contributed by atoms with Crippen molar-refractivity contribution in [2.75, 3.05) is 15.5 Å². The van der Waals surface area contributed by atoms with Crippen molar-refractivity contribution in [2.45, 2.75) is 13.3 Å². The fraction of sp³-hybridized carbons (Fsp3) is 0.0476. The van der Waals surface area contributed by atoms with Crippen molar-refractivity contribution >= 4 is 96.1 Å². The molecule has 10 aromatic rings. The summed E-state index contributed by atoms with van der Waals surface area (Å²) in [5.74, 6) is 2.25. The summed E-state index contributed by atoms with van der Waals surface area (Å²) in [4.78, 5) is 14.2. The van der Waals surface area contributed by atoms with E-state index in [1.54, 1.807) is 6.20 Å². The number of anilines is 5. The largest absolute Gasteiger partial charge is 0.398 e. The minimum atomic E-state index is 0.311. The van der Waals surface area contributed by atoms with E-state index in [0.717, 1.165) is 111 Å². The lowest BCUT2D eigenvalue weighted by Crippen LogP contribution is -2.24. The van der Waals surface area contributed by atoms with Crippen LogP contribution in [0.25, 0.3) is 83.6 Å². The van der Waals surface area contributed by atoms with Gasteiger partial charge in [0.1, 0.15) is 17.5 Å². The molecule has 0 amide bonds. The van der Waals surface area contributed by atoms with E-state index in [0.29, 0.717) is 23.2 Å². The van der Waals surface area contributed by atoms with Gasteiger partial charge >= 0.3 is 0 Å². The second-order valence-corrected chi connectivity index (χ2v) is 17.6. The quantitative estimate of drug-likeness (QED) is 0.126. The predicted octanol–water partition coefficient (Wildman–Crippen LogP) is 16.1. The number of allylic oxidation sites excluding steroid dienone is 1. The lowest BCUT2D eigenvalue weighted by molar-refractivity contribution is 0.749. The molecular weight excluding hydrogens is 841 g/mol.